The zero-order valence-corrected chi connectivity index (χ0v) is 9.91. The predicted molar refractivity (Wildman–Crippen MR) is 73.2 cm³/mol. The topological polar surface area (TPSA) is 0 Å². The van der Waals surface area contributed by atoms with Gasteiger partial charge in [0.15, 0.2) is 0 Å². The van der Waals surface area contributed by atoms with Gasteiger partial charge in [0.2, 0.25) is 0 Å². The van der Waals surface area contributed by atoms with Gasteiger partial charge < -0.3 is 0 Å². The normalized spacial score (nSPS) is 10.6. The summed E-state index contributed by atoms with van der Waals surface area (Å²) in [7, 11) is 0. The summed E-state index contributed by atoms with van der Waals surface area (Å²) in [5, 5.41) is 3.17. The van der Waals surface area contributed by atoms with Crippen LogP contribution in [0.3, 0.4) is 0 Å². The Morgan fingerprint density at radius 2 is 1.65 bits per heavy atom. The van der Waals surface area contributed by atoms with Gasteiger partial charge in [-0.2, -0.15) is 0 Å². The Kier molecular flexibility index (Phi) is 2.58. The van der Waals surface area contributed by atoms with E-state index in [0.717, 1.165) is 16.1 Å². The van der Waals surface area contributed by atoms with Gasteiger partial charge in [-0.1, -0.05) is 66.2 Å². The van der Waals surface area contributed by atoms with Crippen molar-refractivity contribution in [2.45, 2.75) is 0 Å². The molecule has 0 bridgehead atoms. The highest BCUT2D eigenvalue weighted by molar-refractivity contribution is 6.33. The maximum Gasteiger partial charge on any atom is 0.0490 e. The minimum absolute atomic E-state index is 0.740. The highest BCUT2D eigenvalue weighted by atomic mass is 35.5. The molecule has 0 N–H and O–H groups in total. The first-order valence-corrected chi connectivity index (χ1v) is 5.88. The second kappa shape index (κ2) is 4.23. The van der Waals surface area contributed by atoms with E-state index < -0.39 is 0 Å². The SMILES string of the molecule is Clc1ccc[c]c1-c1cccc2ccccc12. The molecule has 0 nitrogen and oxygen atoms in total. The van der Waals surface area contributed by atoms with Gasteiger partial charge in [-0.05, 0) is 28.5 Å². The molecular formula is C16H10Cl. The summed E-state index contributed by atoms with van der Waals surface area (Å²) >= 11 is 6.23. The molecule has 17 heavy (non-hydrogen) atoms. The van der Waals surface area contributed by atoms with Crippen molar-refractivity contribution in [3.8, 4) is 11.1 Å². The van der Waals surface area contributed by atoms with Gasteiger partial charge >= 0.3 is 0 Å². The molecular weight excluding hydrogens is 228 g/mol. The Hall–Kier alpha value is -1.79. The molecule has 0 fully saturated rings. The Morgan fingerprint density at radius 1 is 0.824 bits per heavy atom. The first-order valence-electron chi connectivity index (χ1n) is 5.50. The van der Waals surface area contributed by atoms with Crippen LogP contribution in [-0.4, -0.2) is 0 Å². The highest BCUT2D eigenvalue weighted by Crippen LogP contribution is 2.32. The van der Waals surface area contributed by atoms with E-state index in [9.17, 15) is 0 Å². The minimum Gasteiger partial charge on any atom is -0.0836 e. The summed E-state index contributed by atoms with van der Waals surface area (Å²) in [4.78, 5) is 0. The zero-order chi connectivity index (χ0) is 11.7. The summed E-state index contributed by atoms with van der Waals surface area (Å²) in [5.41, 5.74) is 2.10. The highest BCUT2D eigenvalue weighted by Gasteiger charge is 2.06. The van der Waals surface area contributed by atoms with E-state index in [4.69, 9.17) is 11.6 Å². The number of halogens is 1. The molecule has 0 saturated heterocycles. The van der Waals surface area contributed by atoms with E-state index in [1.54, 1.807) is 0 Å². The van der Waals surface area contributed by atoms with Crippen molar-refractivity contribution in [3.63, 3.8) is 0 Å². The molecule has 0 atom stereocenters. The van der Waals surface area contributed by atoms with Crippen LogP contribution in [0.4, 0.5) is 0 Å². The average Bonchev–Trinajstić information content (AvgIpc) is 2.39. The summed E-state index contributed by atoms with van der Waals surface area (Å²) in [6, 6.07) is 23.5. The standard InChI is InChI=1S/C16H10Cl/c17-16-11-4-3-9-15(16)14-10-5-7-12-6-1-2-8-13(12)14/h1-8,10-11H. The molecule has 3 aromatic rings. The Balaban J connectivity index is 2.35. The lowest BCUT2D eigenvalue weighted by Crippen LogP contribution is -1.82. The fraction of sp³-hybridized carbons (Fsp3) is 0. The second-order valence-electron chi connectivity index (χ2n) is 3.92. The number of fused-ring (bicyclic) bond motifs is 1. The van der Waals surface area contributed by atoms with E-state index in [2.05, 4.69) is 36.4 Å². The van der Waals surface area contributed by atoms with Gasteiger partial charge in [-0.15, -0.1) is 0 Å². The van der Waals surface area contributed by atoms with Crippen molar-refractivity contribution < 1.29 is 0 Å². The first-order chi connectivity index (χ1) is 8.36. The maximum atomic E-state index is 6.23. The molecule has 0 amide bonds. The molecule has 3 aromatic carbocycles. The van der Waals surface area contributed by atoms with Crippen molar-refractivity contribution in [1.82, 2.24) is 0 Å². The van der Waals surface area contributed by atoms with Crippen LogP contribution in [0.1, 0.15) is 0 Å². The van der Waals surface area contributed by atoms with Crippen molar-refractivity contribution in [1.29, 1.82) is 0 Å². The number of hydrogen-bond donors (Lipinski definition) is 0. The summed E-state index contributed by atoms with van der Waals surface area (Å²) in [6.07, 6.45) is 0. The molecule has 1 radical (unpaired) electrons. The lowest BCUT2D eigenvalue weighted by Gasteiger charge is -2.07. The summed E-state index contributed by atoms with van der Waals surface area (Å²) < 4.78 is 0. The lowest BCUT2D eigenvalue weighted by atomic mass is 9.98. The smallest absolute Gasteiger partial charge is 0.0490 e. The fourth-order valence-corrected chi connectivity index (χ4v) is 2.30. The first kappa shape index (κ1) is 10.4. The van der Waals surface area contributed by atoms with Gasteiger partial charge in [0.1, 0.15) is 0 Å². The monoisotopic (exact) mass is 237 g/mol. The fourth-order valence-electron chi connectivity index (χ4n) is 2.07. The van der Waals surface area contributed by atoms with Gasteiger partial charge in [0.25, 0.3) is 0 Å². The number of benzene rings is 3. The second-order valence-corrected chi connectivity index (χ2v) is 4.33. The zero-order valence-electron chi connectivity index (χ0n) is 9.15. The van der Waals surface area contributed by atoms with E-state index in [0.29, 0.717) is 0 Å². The van der Waals surface area contributed by atoms with Crippen LogP contribution in [-0.2, 0) is 0 Å². The van der Waals surface area contributed by atoms with Gasteiger partial charge in [0, 0.05) is 10.6 Å². The minimum atomic E-state index is 0.740. The van der Waals surface area contributed by atoms with E-state index in [-0.39, 0.29) is 0 Å². The largest absolute Gasteiger partial charge is 0.0836 e. The molecule has 3 rings (SSSR count). The van der Waals surface area contributed by atoms with E-state index >= 15 is 0 Å². The quantitative estimate of drug-likeness (QED) is 0.561. The van der Waals surface area contributed by atoms with Gasteiger partial charge in [-0.25, -0.2) is 0 Å². The molecule has 0 aliphatic rings. The molecule has 0 aliphatic carbocycles. The molecule has 1 heteroatoms. The van der Waals surface area contributed by atoms with E-state index in [1.165, 1.54) is 10.8 Å². The molecule has 0 heterocycles. The van der Waals surface area contributed by atoms with Gasteiger partial charge in [0.05, 0.1) is 0 Å². The third kappa shape index (κ3) is 1.81. The molecule has 81 valence electrons. The summed E-state index contributed by atoms with van der Waals surface area (Å²) in [5.74, 6) is 0. The van der Waals surface area contributed by atoms with Crippen LogP contribution >= 0.6 is 11.6 Å². The van der Waals surface area contributed by atoms with Crippen molar-refractivity contribution in [2.75, 3.05) is 0 Å². The molecule has 0 spiro atoms. The Morgan fingerprint density at radius 3 is 2.53 bits per heavy atom. The van der Waals surface area contributed by atoms with Crippen molar-refractivity contribution >= 4 is 22.4 Å². The van der Waals surface area contributed by atoms with Gasteiger partial charge in [-0.3, -0.25) is 0 Å². The average molecular weight is 238 g/mol. The molecule has 0 aliphatic heterocycles. The predicted octanol–water partition coefficient (Wildman–Crippen LogP) is 4.96. The number of rotatable bonds is 1. The number of hydrogen-bond acceptors (Lipinski definition) is 0. The van der Waals surface area contributed by atoms with Crippen molar-refractivity contribution in [2.24, 2.45) is 0 Å². The van der Waals surface area contributed by atoms with Crippen LogP contribution in [0.15, 0.2) is 60.7 Å². The van der Waals surface area contributed by atoms with Crippen LogP contribution in [0.25, 0.3) is 21.9 Å². The van der Waals surface area contributed by atoms with E-state index in [1.807, 2.05) is 30.3 Å². The Bertz CT molecular complexity index is 666. The van der Waals surface area contributed by atoms with Crippen molar-refractivity contribution in [3.05, 3.63) is 71.8 Å². The molecule has 0 saturated carbocycles. The third-order valence-electron chi connectivity index (χ3n) is 2.86. The lowest BCUT2D eigenvalue weighted by molar-refractivity contribution is 1.64. The summed E-state index contributed by atoms with van der Waals surface area (Å²) in [6.45, 7) is 0. The van der Waals surface area contributed by atoms with Crippen LogP contribution in [0.2, 0.25) is 5.02 Å². The maximum absolute atomic E-state index is 6.23. The Labute approximate surface area is 105 Å². The molecule has 0 unspecified atom stereocenters. The van der Waals surface area contributed by atoms with Crippen LogP contribution < -0.4 is 0 Å². The third-order valence-corrected chi connectivity index (χ3v) is 3.18. The molecule has 0 aromatic heterocycles. The van der Waals surface area contributed by atoms with Crippen LogP contribution in [0, 0.1) is 6.07 Å². The van der Waals surface area contributed by atoms with Crippen LogP contribution in [0.5, 0.6) is 0 Å².